The van der Waals surface area contributed by atoms with Crippen LogP contribution in [0, 0.1) is 12.7 Å². The number of nitrogens with zero attached hydrogens (tertiary/aromatic N) is 5. The molecule has 0 spiro atoms. The largest absolute Gasteiger partial charge is 0.354 e. The molecule has 3 aromatic heterocycles. The topological polar surface area (TPSA) is 69.7 Å². The quantitative estimate of drug-likeness (QED) is 0.463. The van der Waals surface area contributed by atoms with Crippen LogP contribution in [0.15, 0.2) is 72.0 Å². The number of para-hydroxylation sites is 1. The fourth-order valence-corrected chi connectivity index (χ4v) is 3.83. The zero-order valence-corrected chi connectivity index (χ0v) is 17.9. The molecule has 160 valence electrons. The highest BCUT2D eigenvalue weighted by Crippen LogP contribution is 2.30. The van der Waals surface area contributed by atoms with Crippen molar-refractivity contribution in [2.75, 3.05) is 5.32 Å². The van der Waals surface area contributed by atoms with Crippen LogP contribution in [0.5, 0.6) is 0 Å². The summed E-state index contributed by atoms with van der Waals surface area (Å²) in [5.41, 5.74) is 4.53. The first-order chi connectivity index (χ1) is 15.4. The first-order valence-corrected chi connectivity index (χ1v) is 10.1. The van der Waals surface area contributed by atoms with Gasteiger partial charge in [-0.15, -0.1) is 0 Å². The number of nitrogens with one attached hydrogen (secondary N) is 1. The first kappa shape index (κ1) is 19.7. The molecule has 0 unspecified atom stereocenters. The number of benzene rings is 2. The smallest absolute Gasteiger partial charge is 0.261 e. The number of rotatable bonds is 4. The second kappa shape index (κ2) is 7.49. The van der Waals surface area contributed by atoms with Crippen molar-refractivity contribution in [1.82, 2.24) is 23.7 Å². The number of aromatic nitrogens is 5. The predicted octanol–water partition coefficient (Wildman–Crippen LogP) is 4.32. The summed E-state index contributed by atoms with van der Waals surface area (Å²) in [7, 11) is 3.59. The fraction of sp³-hybridized carbons (Fsp3) is 0.125. The van der Waals surface area contributed by atoms with Gasteiger partial charge in [0.15, 0.2) is 0 Å². The van der Waals surface area contributed by atoms with Crippen LogP contribution < -0.4 is 10.9 Å². The summed E-state index contributed by atoms with van der Waals surface area (Å²) in [6, 6.07) is 14.3. The summed E-state index contributed by atoms with van der Waals surface area (Å²) in [5, 5.41) is 3.27. The van der Waals surface area contributed by atoms with Gasteiger partial charge in [-0.2, -0.15) is 0 Å². The molecule has 0 atom stereocenters. The molecule has 5 rings (SSSR count). The number of aryl methyl sites for hydroxylation is 3. The van der Waals surface area contributed by atoms with Gasteiger partial charge in [-0.25, -0.2) is 14.4 Å². The van der Waals surface area contributed by atoms with Gasteiger partial charge in [0.2, 0.25) is 0 Å². The van der Waals surface area contributed by atoms with Crippen LogP contribution in [0.2, 0.25) is 0 Å². The molecule has 0 fully saturated rings. The third kappa shape index (κ3) is 3.26. The third-order valence-electron chi connectivity index (χ3n) is 5.49. The number of hydrogen-bond acceptors (Lipinski definition) is 4. The standard InChI is InChI=1S/C24H21FN6O/c1-15-13-31(14-26-15)20-10-9-16(12-18(20)25)27-19-7-4-8-21-22(19)28-23(30(21)3)17-6-5-11-29(2)24(17)32/h4-14,27H,1-3H3. The van der Waals surface area contributed by atoms with E-state index in [1.807, 2.05) is 48.9 Å². The van der Waals surface area contributed by atoms with Crippen molar-refractivity contribution in [2.24, 2.45) is 14.1 Å². The van der Waals surface area contributed by atoms with Crippen LogP contribution in [0.4, 0.5) is 15.8 Å². The van der Waals surface area contributed by atoms with Gasteiger partial charge in [0, 0.05) is 32.2 Å². The van der Waals surface area contributed by atoms with E-state index < -0.39 is 0 Å². The minimum Gasteiger partial charge on any atom is -0.354 e. The average molecular weight is 428 g/mol. The van der Waals surface area contributed by atoms with Crippen molar-refractivity contribution < 1.29 is 4.39 Å². The molecule has 0 amide bonds. The van der Waals surface area contributed by atoms with Crippen LogP contribution in [-0.4, -0.2) is 23.7 Å². The number of anilines is 2. The summed E-state index contributed by atoms with van der Waals surface area (Å²) in [6.07, 6.45) is 5.07. The van der Waals surface area contributed by atoms with Gasteiger partial charge in [-0.1, -0.05) is 6.07 Å². The van der Waals surface area contributed by atoms with Crippen molar-refractivity contribution >= 4 is 22.4 Å². The maximum atomic E-state index is 14.8. The van der Waals surface area contributed by atoms with Crippen molar-refractivity contribution in [3.05, 3.63) is 89.1 Å². The van der Waals surface area contributed by atoms with Gasteiger partial charge in [0.1, 0.15) is 17.2 Å². The van der Waals surface area contributed by atoms with Gasteiger partial charge in [0.05, 0.1) is 34.5 Å². The Balaban J connectivity index is 1.55. The van der Waals surface area contributed by atoms with E-state index in [1.165, 1.54) is 10.6 Å². The fourth-order valence-electron chi connectivity index (χ4n) is 3.83. The van der Waals surface area contributed by atoms with Crippen molar-refractivity contribution in [2.45, 2.75) is 6.92 Å². The van der Waals surface area contributed by atoms with E-state index in [9.17, 15) is 9.18 Å². The number of pyridine rings is 1. The molecule has 2 aromatic carbocycles. The minimum atomic E-state index is -0.367. The molecule has 8 heteroatoms. The van der Waals surface area contributed by atoms with Crippen LogP contribution in [0.1, 0.15) is 5.69 Å². The number of halogens is 1. The molecular formula is C24H21FN6O. The van der Waals surface area contributed by atoms with E-state index in [4.69, 9.17) is 4.98 Å². The Morgan fingerprint density at radius 2 is 1.91 bits per heavy atom. The summed E-state index contributed by atoms with van der Waals surface area (Å²) < 4.78 is 19.9. The van der Waals surface area contributed by atoms with Gasteiger partial charge in [-0.3, -0.25) is 4.79 Å². The second-order valence-electron chi connectivity index (χ2n) is 7.72. The summed E-state index contributed by atoms with van der Waals surface area (Å²) in [6.45, 7) is 1.86. The van der Waals surface area contributed by atoms with Crippen LogP contribution in [0.3, 0.4) is 0 Å². The lowest BCUT2D eigenvalue weighted by Crippen LogP contribution is -2.18. The van der Waals surface area contributed by atoms with E-state index >= 15 is 0 Å². The lowest BCUT2D eigenvalue weighted by atomic mass is 10.2. The molecule has 0 aliphatic heterocycles. The van der Waals surface area contributed by atoms with Crippen LogP contribution >= 0.6 is 0 Å². The van der Waals surface area contributed by atoms with Gasteiger partial charge < -0.3 is 19.0 Å². The lowest BCUT2D eigenvalue weighted by Gasteiger charge is -2.10. The average Bonchev–Trinajstić information content (AvgIpc) is 3.34. The van der Waals surface area contributed by atoms with Gasteiger partial charge in [0.25, 0.3) is 5.56 Å². The van der Waals surface area contributed by atoms with E-state index in [0.717, 1.165) is 16.9 Å². The number of fused-ring (bicyclic) bond motifs is 1. The number of imidazole rings is 2. The predicted molar refractivity (Wildman–Crippen MR) is 123 cm³/mol. The molecule has 7 nitrogen and oxygen atoms in total. The molecule has 3 heterocycles. The highest BCUT2D eigenvalue weighted by atomic mass is 19.1. The van der Waals surface area contributed by atoms with Gasteiger partial charge >= 0.3 is 0 Å². The Bertz CT molecular complexity index is 1530. The van der Waals surface area contributed by atoms with Crippen molar-refractivity contribution in [3.63, 3.8) is 0 Å². The lowest BCUT2D eigenvalue weighted by molar-refractivity contribution is 0.618. The minimum absolute atomic E-state index is 0.118. The molecule has 1 N–H and O–H groups in total. The monoisotopic (exact) mass is 428 g/mol. The molecule has 0 radical (unpaired) electrons. The maximum Gasteiger partial charge on any atom is 0.261 e. The van der Waals surface area contributed by atoms with E-state index in [1.54, 1.807) is 42.5 Å². The van der Waals surface area contributed by atoms with E-state index in [2.05, 4.69) is 10.3 Å². The van der Waals surface area contributed by atoms with E-state index in [0.29, 0.717) is 28.3 Å². The summed E-state index contributed by atoms with van der Waals surface area (Å²) in [5.74, 6) is 0.210. The third-order valence-corrected chi connectivity index (χ3v) is 5.49. The first-order valence-electron chi connectivity index (χ1n) is 10.1. The zero-order valence-electron chi connectivity index (χ0n) is 17.9. The Labute approximate surface area is 183 Å². The van der Waals surface area contributed by atoms with Crippen LogP contribution in [0.25, 0.3) is 28.1 Å². The molecular weight excluding hydrogens is 407 g/mol. The molecule has 5 aromatic rings. The summed E-state index contributed by atoms with van der Waals surface area (Å²) >= 11 is 0. The Morgan fingerprint density at radius 3 is 2.66 bits per heavy atom. The highest BCUT2D eigenvalue weighted by molar-refractivity contribution is 5.93. The van der Waals surface area contributed by atoms with E-state index in [-0.39, 0.29) is 11.4 Å². The number of hydrogen-bond donors (Lipinski definition) is 1. The second-order valence-corrected chi connectivity index (χ2v) is 7.72. The highest BCUT2D eigenvalue weighted by Gasteiger charge is 2.16. The van der Waals surface area contributed by atoms with Crippen molar-refractivity contribution in [3.8, 4) is 17.1 Å². The normalized spacial score (nSPS) is 11.2. The Hall–Kier alpha value is -4.20. The molecule has 32 heavy (non-hydrogen) atoms. The maximum absolute atomic E-state index is 14.8. The SMILES string of the molecule is Cc1cn(-c2ccc(Nc3cccc4c3nc(-c3cccn(C)c3=O)n4C)cc2F)cn1. The molecule has 0 saturated carbocycles. The molecule has 0 aliphatic rings. The molecule has 0 saturated heterocycles. The molecule has 0 bridgehead atoms. The Morgan fingerprint density at radius 1 is 1.06 bits per heavy atom. The van der Waals surface area contributed by atoms with Gasteiger partial charge in [-0.05, 0) is 49.4 Å². The zero-order chi connectivity index (χ0) is 22.4. The van der Waals surface area contributed by atoms with Crippen LogP contribution in [-0.2, 0) is 14.1 Å². The summed E-state index contributed by atoms with van der Waals surface area (Å²) in [4.78, 5) is 21.5. The molecule has 0 aliphatic carbocycles. The Kier molecular flexibility index (Phi) is 4.62. The van der Waals surface area contributed by atoms with Crippen molar-refractivity contribution in [1.29, 1.82) is 0 Å².